The molecule has 0 atom stereocenters. The van der Waals surface area contributed by atoms with Gasteiger partial charge in [-0.1, -0.05) is 18.2 Å². The Balaban J connectivity index is 2.16. The average molecular weight is 260 g/mol. The van der Waals surface area contributed by atoms with Crippen LogP contribution in [0.2, 0.25) is 0 Å². The highest BCUT2D eigenvalue weighted by atomic mass is 16.5. The first-order valence-electron chi connectivity index (χ1n) is 7.07. The molecule has 2 rings (SSSR count). The van der Waals surface area contributed by atoms with Crippen molar-refractivity contribution in [2.24, 2.45) is 0 Å². The predicted molar refractivity (Wildman–Crippen MR) is 80.7 cm³/mol. The quantitative estimate of drug-likeness (QED) is 0.739. The summed E-state index contributed by atoms with van der Waals surface area (Å²) in [5.41, 5.74) is 2.81. The van der Waals surface area contributed by atoms with Crippen molar-refractivity contribution in [3.8, 4) is 0 Å². The van der Waals surface area contributed by atoms with Crippen LogP contribution in [0.15, 0.2) is 30.5 Å². The second-order valence-electron chi connectivity index (χ2n) is 4.92. The van der Waals surface area contributed by atoms with Crippen molar-refractivity contribution in [1.29, 1.82) is 0 Å². The summed E-state index contributed by atoms with van der Waals surface area (Å²) >= 11 is 0. The molecule has 0 bridgehead atoms. The SMILES string of the molecule is CNCCCc1cn(CCCOC)c2ccccc12. The van der Waals surface area contributed by atoms with E-state index in [1.807, 2.05) is 7.05 Å². The number of aryl methyl sites for hydroxylation is 2. The molecule has 0 aliphatic carbocycles. The molecule has 0 aliphatic rings. The maximum atomic E-state index is 5.14. The Hall–Kier alpha value is -1.32. The van der Waals surface area contributed by atoms with Gasteiger partial charge in [0.25, 0.3) is 0 Å². The number of aromatic nitrogens is 1. The van der Waals surface area contributed by atoms with Crippen molar-refractivity contribution in [3.63, 3.8) is 0 Å². The normalized spacial score (nSPS) is 11.3. The third-order valence-corrected chi connectivity index (χ3v) is 3.49. The van der Waals surface area contributed by atoms with E-state index in [9.17, 15) is 0 Å². The van der Waals surface area contributed by atoms with Gasteiger partial charge in [0.15, 0.2) is 0 Å². The minimum absolute atomic E-state index is 0.821. The summed E-state index contributed by atoms with van der Waals surface area (Å²) < 4.78 is 7.50. The third kappa shape index (κ3) is 3.58. The summed E-state index contributed by atoms with van der Waals surface area (Å²) in [6.45, 7) is 2.92. The summed E-state index contributed by atoms with van der Waals surface area (Å²) in [5.74, 6) is 0. The molecule has 0 saturated carbocycles. The number of ether oxygens (including phenoxy) is 1. The second kappa shape index (κ2) is 7.31. The van der Waals surface area contributed by atoms with E-state index in [0.29, 0.717) is 0 Å². The Morgan fingerprint density at radius 2 is 2.05 bits per heavy atom. The van der Waals surface area contributed by atoms with Gasteiger partial charge < -0.3 is 14.6 Å². The molecule has 2 aromatic rings. The van der Waals surface area contributed by atoms with Crippen LogP contribution in [-0.4, -0.2) is 31.9 Å². The second-order valence-corrected chi connectivity index (χ2v) is 4.92. The molecule has 1 aromatic carbocycles. The molecule has 1 N–H and O–H groups in total. The van der Waals surface area contributed by atoms with Gasteiger partial charge in [0.1, 0.15) is 0 Å². The minimum Gasteiger partial charge on any atom is -0.385 e. The molecule has 0 fully saturated rings. The Bertz CT molecular complexity index is 460. The van der Waals surface area contributed by atoms with Gasteiger partial charge in [0, 0.05) is 37.4 Å². The van der Waals surface area contributed by atoms with Crippen molar-refractivity contribution in [2.45, 2.75) is 25.8 Å². The third-order valence-electron chi connectivity index (χ3n) is 3.49. The van der Waals surface area contributed by atoms with E-state index in [0.717, 1.165) is 32.5 Å². The molecule has 0 saturated heterocycles. The number of rotatable bonds is 8. The average Bonchev–Trinajstić information content (AvgIpc) is 2.79. The standard InChI is InChI=1S/C16H24N2O/c1-17-10-5-7-14-13-18(11-6-12-19-2)16-9-4-3-8-15(14)16/h3-4,8-9,13,17H,5-7,10-12H2,1-2H3. The number of nitrogens with zero attached hydrogens (tertiary/aromatic N) is 1. The molecule has 3 nitrogen and oxygen atoms in total. The lowest BCUT2D eigenvalue weighted by Gasteiger charge is -2.04. The van der Waals surface area contributed by atoms with E-state index in [1.54, 1.807) is 7.11 Å². The number of benzene rings is 1. The van der Waals surface area contributed by atoms with Crippen LogP contribution in [0.3, 0.4) is 0 Å². The first-order chi connectivity index (χ1) is 9.36. The minimum atomic E-state index is 0.821. The summed E-state index contributed by atoms with van der Waals surface area (Å²) in [4.78, 5) is 0. The Labute approximate surface area is 115 Å². The molecule has 19 heavy (non-hydrogen) atoms. The van der Waals surface area contributed by atoms with Crippen molar-refractivity contribution >= 4 is 10.9 Å². The number of hydrogen-bond donors (Lipinski definition) is 1. The summed E-state index contributed by atoms with van der Waals surface area (Å²) in [6.07, 6.45) is 5.70. The topological polar surface area (TPSA) is 26.2 Å². The van der Waals surface area contributed by atoms with Crippen LogP contribution in [-0.2, 0) is 17.7 Å². The number of methoxy groups -OCH3 is 1. The zero-order valence-electron chi connectivity index (χ0n) is 12.0. The molecule has 0 unspecified atom stereocenters. The zero-order valence-corrected chi connectivity index (χ0v) is 12.0. The van der Waals surface area contributed by atoms with Gasteiger partial charge in [0.2, 0.25) is 0 Å². The lowest BCUT2D eigenvalue weighted by molar-refractivity contribution is 0.190. The molecule has 1 heterocycles. The van der Waals surface area contributed by atoms with Crippen LogP contribution in [0.1, 0.15) is 18.4 Å². The molecule has 0 amide bonds. The van der Waals surface area contributed by atoms with Crippen LogP contribution in [0.5, 0.6) is 0 Å². The van der Waals surface area contributed by atoms with E-state index in [-0.39, 0.29) is 0 Å². The van der Waals surface area contributed by atoms with E-state index in [2.05, 4.69) is 40.3 Å². The van der Waals surface area contributed by atoms with Crippen molar-refractivity contribution in [3.05, 3.63) is 36.0 Å². The first kappa shape index (κ1) is 14.1. The lowest BCUT2D eigenvalue weighted by Crippen LogP contribution is -2.08. The van der Waals surface area contributed by atoms with Crippen LogP contribution in [0, 0.1) is 0 Å². The highest BCUT2D eigenvalue weighted by Crippen LogP contribution is 2.22. The molecule has 0 aliphatic heterocycles. The summed E-state index contributed by atoms with van der Waals surface area (Å²) in [6, 6.07) is 8.69. The number of hydrogen-bond acceptors (Lipinski definition) is 2. The fourth-order valence-electron chi connectivity index (χ4n) is 2.54. The fourth-order valence-corrected chi connectivity index (χ4v) is 2.54. The molecular formula is C16H24N2O. The van der Waals surface area contributed by atoms with E-state index in [4.69, 9.17) is 4.74 Å². The highest BCUT2D eigenvalue weighted by Gasteiger charge is 2.07. The molecule has 3 heteroatoms. The summed E-state index contributed by atoms with van der Waals surface area (Å²) in [7, 11) is 3.77. The molecule has 1 aromatic heterocycles. The number of para-hydroxylation sites is 1. The van der Waals surface area contributed by atoms with Crippen LogP contribution < -0.4 is 5.32 Å². The first-order valence-corrected chi connectivity index (χ1v) is 7.07. The largest absolute Gasteiger partial charge is 0.385 e. The number of nitrogens with one attached hydrogen (secondary N) is 1. The van der Waals surface area contributed by atoms with Crippen molar-refractivity contribution in [2.75, 3.05) is 27.3 Å². The Morgan fingerprint density at radius 3 is 2.84 bits per heavy atom. The van der Waals surface area contributed by atoms with Crippen LogP contribution >= 0.6 is 0 Å². The lowest BCUT2D eigenvalue weighted by atomic mass is 10.1. The van der Waals surface area contributed by atoms with Gasteiger partial charge in [0.05, 0.1) is 0 Å². The van der Waals surface area contributed by atoms with E-state index < -0.39 is 0 Å². The van der Waals surface area contributed by atoms with Gasteiger partial charge in [-0.15, -0.1) is 0 Å². The molecule has 104 valence electrons. The van der Waals surface area contributed by atoms with Gasteiger partial charge in [-0.25, -0.2) is 0 Å². The summed E-state index contributed by atoms with van der Waals surface area (Å²) in [5, 5.41) is 4.61. The molecule has 0 spiro atoms. The monoisotopic (exact) mass is 260 g/mol. The van der Waals surface area contributed by atoms with Crippen LogP contribution in [0.25, 0.3) is 10.9 Å². The molecule has 0 radical (unpaired) electrons. The molecular weight excluding hydrogens is 236 g/mol. The Kier molecular flexibility index (Phi) is 5.43. The van der Waals surface area contributed by atoms with Crippen molar-refractivity contribution in [1.82, 2.24) is 9.88 Å². The number of fused-ring (bicyclic) bond motifs is 1. The van der Waals surface area contributed by atoms with E-state index >= 15 is 0 Å². The fraction of sp³-hybridized carbons (Fsp3) is 0.500. The van der Waals surface area contributed by atoms with Gasteiger partial charge in [-0.2, -0.15) is 0 Å². The van der Waals surface area contributed by atoms with Gasteiger partial charge in [-0.3, -0.25) is 0 Å². The van der Waals surface area contributed by atoms with Gasteiger partial charge >= 0.3 is 0 Å². The van der Waals surface area contributed by atoms with Crippen LogP contribution in [0.4, 0.5) is 0 Å². The van der Waals surface area contributed by atoms with Gasteiger partial charge in [-0.05, 0) is 44.5 Å². The highest BCUT2D eigenvalue weighted by molar-refractivity contribution is 5.83. The zero-order chi connectivity index (χ0) is 13.5. The maximum absolute atomic E-state index is 5.14. The van der Waals surface area contributed by atoms with E-state index in [1.165, 1.54) is 22.9 Å². The predicted octanol–water partition coefficient (Wildman–Crippen LogP) is 2.83. The Morgan fingerprint density at radius 1 is 1.21 bits per heavy atom. The maximum Gasteiger partial charge on any atom is 0.0483 e. The van der Waals surface area contributed by atoms with Crippen molar-refractivity contribution < 1.29 is 4.74 Å². The smallest absolute Gasteiger partial charge is 0.0483 e.